The molecule has 0 fully saturated rings. The fourth-order valence-electron chi connectivity index (χ4n) is 2.67. The minimum absolute atomic E-state index is 0.667. The monoisotopic (exact) mass is 273 g/mol. The summed E-state index contributed by atoms with van der Waals surface area (Å²) in [6, 6.07) is 4.39. The first kappa shape index (κ1) is 12.8. The zero-order valence-electron chi connectivity index (χ0n) is 11.2. The molecule has 1 aliphatic rings. The molecule has 0 saturated carbocycles. The molecule has 1 heterocycles. The van der Waals surface area contributed by atoms with E-state index in [-0.39, 0.29) is 0 Å². The van der Waals surface area contributed by atoms with E-state index in [1.165, 1.54) is 52.1 Å². The number of hydrazine groups is 1. The van der Waals surface area contributed by atoms with Crippen molar-refractivity contribution in [3.8, 4) is 0 Å². The van der Waals surface area contributed by atoms with Gasteiger partial charge in [0, 0.05) is 6.54 Å². The van der Waals surface area contributed by atoms with Crippen LogP contribution < -0.4 is 11.3 Å². The van der Waals surface area contributed by atoms with Crippen molar-refractivity contribution in [3.05, 3.63) is 34.3 Å². The maximum absolute atomic E-state index is 5.47. The van der Waals surface area contributed by atoms with Gasteiger partial charge < -0.3 is 0 Å². The van der Waals surface area contributed by atoms with E-state index in [1.807, 2.05) is 11.3 Å². The van der Waals surface area contributed by atoms with Gasteiger partial charge in [-0.25, -0.2) is 4.98 Å². The number of thiazole rings is 1. The molecule has 0 atom stereocenters. The van der Waals surface area contributed by atoms with Gasteiger partial charge in [0.05, 0.1) is 10.2 Å². The first-order valence-electron chi connectivity index (χ1n) is 6.81. The lowest BCUT2D eigenvalue weighted by molar-refractivity contribution is 0.740. The van der Waals surface area contributed by atoms with Gasteiger partial charge in [-0.15, -0.1) is 11.3 Å². The average molecular weight is 273 g/mol. The van der Waals surface area contributed by atoms with Crippen LogP contribution in [0.3, 0.4) is 0 Å². The van der Waals surface area contributed by atoms with Crippen LogP contribution in [-0.4, -0.2) is 4.98 Å². The van der Waals surface area contributed by atoms with E-state index in [9.17, 15) is 0 Å². The number of aromatic nitrogens is 1. The van der Waals surface area contributed by atoms with Crippen molar-refractivity contribution < 1.29 is 0 Å². The Morgan fingerprint density at radius 2 is 2.26 bits per heavy atom. The number of nitrogens with zero attached hydrogens (tertiary/aromatic N) is 1. The second kappa shape index (κ2) is 5.41. The van der Waals surface area contributed by atoms with E-state index in [2.05, 4.69) is 30.6 Å². The molecule has 19 heavy (non-hydrogen) atoms. The number of nitrogens with one attached hydrogen (secondary N) is 1. The van der Waals surface area contributed by atoms with E-state index in [4.69, 9.17) is 10.8 Å². The van der Waals surface area contributed by atoms with E-state index >= 15 is 0 Å². The molecule has 1 aromatic heterocycles. The maximum atomic E-state index is 5.47. The molecular weight excluding hydrogens is 254 g/mol. The molecule has 0 amide bonds. The average Bonchev–Trinajstić information content (AvgIpc) is 2.84. The summed E-state index contributed by atoms with van der Waals surface area (Å²) in [4.78, 5) is 4.85. The molecule has 1 aromatic carbocycles. The predicted molar refractivity (Wildman–Crippen MR) is 81.8 cm³/mol. The molecule has 3 rings (SSSR count). The van der Waals surface area contributed by atoms with Gasteiger partial charge in [-0.05, 0) is 55.4 Å². The molecule has 0 aliphatic heterocycles. The van der Waals surface area contributed by atoms with Gasteiger partial charge >= 0.3 is 0 Å². The van der Waals surface area contributed by atoms with Crippen molar-refractivity contribution in [1.29, 1.82) is 0 Å². The lowest BCUT2D eigenvalue weighted by atomic mass is 10.0. The van der Waals surface area contributed by atoms with Crippen LogP contribution in [0.25, 0.3) is 15.8 Å². The van der Waals surface area contributed by atoms with Gasteiger partial charge in [0.2, 0.25) is 0 Å². The quantitative estimate of drug-likeness (QED) is 0.664. The SMILES string of the molecule is Cc1cc(CNN)c2nc(C3=CCCCC3)sc2c1. The minimum atomic E-state index is 0.667. The van der Waals surface area contributed by atoms with Gasteiger partial charge in [0.25, 0.3) is 0 Å². The summed E-state index contributed by atoms with van der Waals surface area (Å²) in [5, 5.41) is 1.19. The molecule has 2 aromatic rings. The Bertz CT molecular complexity index is 628. The van der Waals surface area contributed by atoms with Crippen LogP contribution in [0, 0.1) is 6.92 Å². The van der Waals surface area contributed by atoms with Crippen molar-refractivity contribution in [3.63, 3.8) is 0 Å². The highest BCUT2D eigenvalue weighted by atomic mass is 32.1. The first-order chi connectivity index (χ1) is 9.28. The van der Waals surface area contributed by atoms with E-state index in [1.54, 1.807) is 0 Å². The molecule has 0 saturated heterocycles. The summed E-state index contributed by atoms with van der Waals surface area (Å²) in [5.41, 5.74) is 7.74. The predicted octanol–water partition coefficient (Wildman–Crippen LogP) is 3.53. The van der Waals surface area contributed by atoms with Crippen LogP contribution in [0.2, 0.25) is 0 Å². The summed E-state index contributed by atoms with van der Waals surface area (Å²) in [5.74, 6) is 5.47. The lowest BCUT2D eigenvalue weighted by Gasteiger charge is -2.09. The normalized spacial score (nSPS) is 15.8. The van der Waals surface area contributed by atoms with Crippen LogP contribution in [0.1, 0.15) is 41.8 Å². The number of allylic oxidation sites excluding steroid dienone is 2. The van der Waals surface area contributed by atoms with Crippen molar-refractivity contribution >= 4 is 27.1 Å². The van der Waals surface area contributed by atoms with E-state index < -0.39 is 0 Å². The number of benzene rings is 1. The molecule has 100 valence electrons. The highest BCUT2D eigenvalue weighted by Crippen LogP contribution is 2.34. The lowest BCUT2D eigenvalue weighted by Crippen LogP contribution is -2.21. The third-order valence-electron chi connectivity index (χ3n) is 3.58. The van der Waals surface area contributed by atoms with Gasteiger partial charge in [-0.1, -0.05) is 12.1 Å². The number of fused-ring (bicyclic) bond motifs is 1. The van der Waals surface area contributed by atoms with Crippen molar-refractivity contribution in [2.75, 3.05) is 0 Å². The molecule has 0 spiro atoms. The fraction of sp³-hybridized carbons (Fsp3) is 0.400. The fourth-order valence-corrected chi connectivity index (χ4v) is 3.85. The minimum Gasteiger partial charge on any atom is -0.271 e. The van der Waals surface area contributed by atoms with Crippen LogP contribution in [0.4, 0.5) is 0 Å². The van der Waals surface area contributed by atoms with E-state index in [0.29, 0.717) is 6.54 Å². The summed E-state index contributed by atoms with van der Waals surface area (Å²) >= 11 is 1.81. The molecule has 1 aliphatic carbocycles. The molecule has 3 N–H and O–H groups in total. The Hall–Kier alpha value is -1.23. The standard InChI is InChI=1S/C15H19N3S/c1-10-7-12(9-17-16)14-13(8-10)19-15(18-14)11-5-3-2-4-6-11/h5,7-8,17H,2-4,6,9,16H2,1H3. The zero-order valence-corrected chi connectivity index (χ0v) is 12.0. The molecule has 0 radical (unpaired) electrons. The van der Waals surface area contributed by atoms with Crippen molar-refractivity contribution in [2.45, 2.75) is 39.2 Å². The largest absolute Gasteiger partial charge is 0.271 e. The number of hydrogen-bond acceptors (Lipinski definition) is 4. The number of rotatable bonds is 3. The van der Waals surface area contributed by atoms with Crippen molar-refractivity contribution in [2.24, 2.45) is 5.84 Å². The highest BCUT2D eigenvalue weighted by Gasteiger charge is 2.13. The second-order valence-electron chi connectivity index (χ2n) is 5.15. The Balaban J connectivity index is 2.09. The molecule has 0 unspecified atom stereocenters. The molecule has 0 bridgehead atoms. The molecule has 4 heteroatoms. The third-order valence-corrected chi connectivity index (χ3v) is 4.65. The summed E-state index contributed by atoms with van der Waals surface area (Å²) in [6.07, 6.45) is 7.33. The highest BCUT2D eigenvalue weighted by molar-refractivity contribution is 7.19. The Kier molecular flexibility index (Phi) is 3.64. The summed E-state index contributed by atoms with van der Waals surface area (Å²) in [6.45, 7) is 2.79. The third kappa shape index (κ3) is 2.56. The zero-order chi connectivity index (χ0) is 13.2. The second-order valence-corrected chi connectivity index (χ2v) is 6.18. The topological polar surface area (TPSA) is 50.9 Å². The van der Waals surface area contributed by atoms with Crippen LogP contribution in [-0.2, 0) is 6.54 Å². The Labute approximate surface area is 117 Å². The molecular formula is C15H19N3S. The molecule has 3 nitrogen and oxygen atoms in total. The summed E-state index contributed by atoms with van der Waals surface area (Å²) < 4.78 is 1.27. The number of hydrogen-bond donors (Lipinski definition) is 2. The smallest absolute Gasteiger partial charge is 0.120 e. The summed E-state index contributed by atoms with van der Waals surface area (Å²) in [7, 11) is 0. The van der Waals surface area contributed by atoms with Gasteiger partial charge in [-0.3, -0.25) is 11.3 Å². The maximum Gasteiger partial charge on any atom is 0.120 e. The van der Waals surface area contributed by atoms with E-state index in [0.717, 1.165) is 5.52 Å². The Morgan fingerprint density at radius 1 is 1.37 bits per heavy atom. The van der Waals surface area contributed by atoms with Crippen molar-refractivity contribution in [1.82, 2.24) is 10.4 Å². The van der Waals surface area contributed by atoms with Gasteiger partial charge in [-0.2, -0.15) is 0 Å². The van der Waals surface area contributed by atoms with Crippen LogP contribution in [0.5, 0.6) is 0 Å². The van der Waals surface area contributed by atoms with Crippen LogP contribution >= 0.6 is 11.3 Å². The van der Waals surface area contributed by atoms with Gasteiger partial charge in [0.15, 0.2) is 0 Å². The van der Waals surface area contributed by atoms with Crippen LogP contribution in [0.15, 0.2) is 18.2 Å². The van der Waals surface area contributed by atoms with Gasteiger partial charge in [0.1, 0.15) is 5.01 Å². The Morgan fingerprint density at radius 3 is 3.00 bits per heavy atom. The first-order valence-corrected chi connectivity index (χ1v) is 7.62. The number of aryl methyl sites for hydroxylation is 1. The number of nitrogens with two attached hydrogens (primary N) is 1.